The van der Waals surface area contributed by atoms with Gasteiger partial charge in [-0.2, -0.15) is 0 Å². The smallest absolute Gasteiger partial charge is 0.246 e. The fourth-order valence-corrected chi connectivity index (χ4v) is 2.91. The van der Waals surface area contributed by atoms with Gasteiger partial charge in [0.25, 0.3) is 0 Å². The van der Waals surface area contributed by atoms with Crippen molar-refractivity contribution in [3.63, 3.8) is 0 Å². The standard InChI is InChI=1S/C24H32N2O9/c27-19-3-1-17(13-21(19)29)5-7-25-23(31)15-34-11-9-33-10-12-35-16-24(32)26-8-6-18-2-4-20(28)22(30)14-18/h1-4,13-14,27-30H,5-12,15-16H2,(H,25,31)(H,26,32). The number of carbonyl (C=O) groups is 2. The number of phenols is 4. The maximum Gasteiger partial charge on any atom is 0.246 e. The lowest BCUT2D eigenvalue weighted by Crippen LogP contribution is -2.30. The summed E-state index contributed by atoms with van der Waals surface area (Å²) in [5, 5.41) is 42.8. The van der Waals surface area contributed by atoms with Crippen LogP contribution in [0.3, 0.4) is 0 Å². The summed E-state index contributed by atoms with van der Waals surface area (Å²) in [6.07, 6.45) is 1.01. The molecule has 192 valence electrons. The number of nitrogens with one attached hydrogen (secondary N) is 2. The molecule has 0 saturated heterocycles. The van der Waals surface area contributed by atoms with Gasteiger partial charge in [0.05, 0.1) is 26.4 Å². The molecule has 6 N–H and O–H groups in total. The zero-order valence-electron chi connectivity index (χ0n) is 19.4. The number of amides is 2. The maximum absolute atomic E-state index is 11.7. The van der Waals surface area contributed by atoms with Crippen molar-refractivity contribution in [2.24, 2.45) is 0 Å². The van der Waals surface area contributed by atoms with Gasteiger partial charge in [-0.3, -0.25) is 9.59 Å². The molecule has 2 aromatic carbocycles. The average molecular weight is 493 g/mol. The van der Waals surface area contributed by atoms with Crippen LogP contribution in [0.25, 0.3) is 0 Å². The topological polar surface area (TPSA) is 167 Å². The zero-order chi connectivity index (χ0) is 25.5. The average Bonchev–Trinajstić information content (AvgIpc) is 2.82. The normalized spacial score (nSPS) is 10.7. The molecule has 0 heterocycles. The Morgan fingerprint density at radius 3 is 1.40 bits per heavy atom. The minimum atomic E-state index is -0.274. The summed E-state index contributed by atoms with van der Waals surface area (Å²) in [5.74, 6) is -1.32. The maximum atomic E-state index is 11.7. The van der Waals surface area contributed by atoms with E-state index >= 15 is 0 Å². The van der Waals surface area contributed by atoms with Gasteiger partial charge in [0.2, 0.25) is 11.8 Å². The number of phenolic OH excluding ortho intramolecular Hbond substituents is 4. The van der Waals surface area contributed by atoms with Crippen molar-refractivity contribution < 1.29 is 44.2 Å². The number of rotatable bonds is 16. The van der Waals surface area contributed by atoms with Crippen LogP contribution < -0.4 is 10.6 Å². The zero-order valence-corrected chi connectivity index (χ0v) is 19.4. The summed E-state index contributed by atoms with van der Waals surface area (Å²) in [7, 11) is 0. The molecule has 0 atom stereocenters. The molecule has 0 bridgehead atoms. The van der Waals surface area contributed by atoms with E-state index in [4.69, 9.17) is 14.2 Å². The molecule has 2 amide bonds. The van der Waals surface area contributed by atoms with E-state index in [1.54, 1.807) is 12.1 Å². The van der Waals surface area contributed by atoms with Crippen LogP contribution in [-0.4, -0.2) is 85.0 Å². The predicted octanol–water partition coefficient (Wildman–Crippen LogP) is 0.576. The van der Waals surface area contributed by atoms with Crippen LogP contribution in [0.4, 0.5) is 0 Å². The molecule has 0 aliphatic heterocycles. The lowest BCUT2D eigenvalue weighted by Gasteiger charge is -2.09. The predicted molar refractivity (Wildman–Crippen MR) is 125 cm³/mol. The van der Waals surface area contributed by atoms with Gasteiger partial charge in [0.15, 0.2) is 23.0 Å². The molecule has 35 heavy (non-hydrogen) atoms. The molecule has 0 saturated carbocycles. The Balaban J connectivity index is 1.38. The Kier molecular flexibility index (Phi) is 12.2. The summed E-state index contributed by atoms with van der Waals surface area (Å²) in [4.78, 5) is 23.5. The van der Waals surface area contributed by atoms with Gasteiger partial charge < -0.3 is 45.3 Å². The SMILES string of the molecule is O=C(COCCOCCOCC(=O)NCCc1ccc(O)c(O)c1)NCCc1ccc(O)c(O)c1. The van der Waals surface area contributed by atoms with Crippen molar-refractivity contribution in [2.75, 3.05) is 52.7 Å². The van der Waals surface area contributed by atoms with Crippen LogP contribution in [0.5, 0.6) is 23.0 Å². The van der Waals surface area contributed by atoms with Gasteiger partial charge in [0, 0.05) is 13.1 Å². The molecule has 11 heteroatoms. The Labute approximate surface area is 203 Å². The van der Waals surface area contributed by atoms with Gasteiger partial charge in [-0.05, 0) is 48.2 Å². The summed E-state index contributed by atoms with van der Waals surface area (Å²) < 4.78 is 15.8. The van der Waals surface area contributed by atoms with Crippen LogP contribution in [0.15, 0.2) is 36.4 Å². The minimum Gasteiger partial charge on any atom is -0.504 e. The monoisotopic (exact) mass is 492 g/mol. The van der Waals surface area contributed by atoms with Gasteiger partial charge in [-0.15, -0.1) is 0 Å². The van der Waals surface area contributed by atoms with E-state index in [9.17, 15) is 30.0 Å². The molecule has 2 aromatic rings. The van der Waals surface area contributed by atoms with Crippen molar-refractivity contribution in [1.82, 2.24) is 10.6 Å². The quantitative estimate of drug-likeness (QED) is 0.145. The molecule has 0 aliphatic carbocycles. The number of hydrogen-bond acceptors (Lipinski definition) is 9. The van der Waals surface area contributed by atoms with Gasteiger partial charge in [-0.1, -0.05) is 12.1 Å². The molecule has 0 radical (unpaired) electrons. The fourth-order valence-electron chi connectivity index (χ4n) is 2.91. The Morgan fingerprint density at radius 1 is 0.600 bits per heavy atom. The van der Waals surface area contributed by atoms with Crippen LogP contribution in [0, 0.1) is 0 Å². The highest BCUT2D eigenvalue weighted by molar-refractivity contribution is 5.77. The van der Waals surface area contributed by atoms with Crippen molar-refractivity contribution >= 4 is 11.8 Å². The second-order valence-corrected chi connectivity index (χ2v) is 7.56. The third kappa shape index (κ3) is 11.4. The van der Waals surface area contributed by atoms with E-state index in [0.717, 1.165) is 11.1 Å². The van der Waals surface area contributed by atoms with Crippen LogP contribution in [-0.2, 0) is 36.6 Å². The molecule has 0 spiro atoms. The van der Waals surface area contributed by atoms with Crippen molar-refractivity contribution in [3.8, 4) is 23.0 Å². The fraction of sp³-hybridized carbons (Fsp3) is 0.417. The highest BCUT2D eigenvalue weighted by Crippen LogP contribution is 2.25. The second-order valence-electron chi connectivity index (χ2n) is 7.56. The lowest BCUT2D eigenvalue weighted by atomic mass is 10.1. The molecule has 0 aromatic heterocycles. The molecular weight excluding hydrogens is 460 g/mol. The van der Waals surface area contributed by atoms with E-state index in [-0.39, 0.29) is 74.5 Å². The highest BCUT2D eigenvalue weighted by Gasteiger charge is 2.05. The van der Waals surface area contributed by atoms with Crippen molar-refractivity contribution in [3.05, 3.63) is 47.5 Å². The van der Waals surface area contributed by atoms with Gasteiger partial charge >= 0.3 is 0 Å². The molecular formula is C24H32N2O9. The van der Waals surface area contributed by atoms with Crippen molar-refractivity contribution in [1.29, 1.82) is 0 Å². The first kappa shape index (κ1) is 27.7. The third-order valence-electron chi connectivity index (χ3n) is 4.76. The summed E-state index contributed by atoms with van der Waals surface area (Å²) in [6, 6.07) is 9.00. The summed E-state index contributed by atoms with van der Waals surface area (Å²) >= 11 is 0. The molecule has 0 unspecified atom stereocenters. The van der Waals surface area contributed by atoms with Gasteiger partial charge in [0.1, 0.15) is 13.2 Å². The molecule has 2 rings (SSSR count). The van der Waals surface area contributed by atoms with Crippen LogP contribution in [0.1, 0.15) is 11.1 Å². The molecule has 0 aliphatic rings. The number of hydrogen-bond donors (Lipinski definition) is 6. The van der Waals surface area contributed by atoms with E-state index in [1.807, 2.05) is 0 Å². The lowest BCUT2D eigenvalue weighted by molar-refractivity contribution is -0.126. The first-order valence-corrected chi connectivity index (χ1v) is 11.1. The minimum absolute atomic E-state index is 0.107. The van der Waals surface area contributed by atoms with Crippen molar-refractivity contribution in [2.45, 2.75) is 12.8 Å². The first-order chi connectivity index (χ1) is 16.8. The van der Waals surface area contributed by atoms with Crippen LogP contribution in [0.2, 0.25) is 0 Å². The number of carbonyl (C=O) groups excluding carboxylic acids is 2. The summed E-state index contributed by atoms with van der Waals surface area (Å²) in [6.45, 7) is 1.53. The Bertz CT molecular complexity index is 877. The Morgan fingerprint density at radius 2 is 1.00 bits per heavy atom. The van der Waals surface area contributed by atoms with Crippen LogP contribution >= 0.6 is 0 Å². The largest absolute Gasteiger partial charge is 0.504 e. The van der Waals surface area contributed by atoms with E-state index in [1.165, 1.54) is 24.3 Å². The Hall–Kier alpha value is -3.54. The van der Waals surface area contributed by atoms with E-state index in [2.05, 4.69) is 10.6 Å². The van der Waals surface area contributed by atoms with E-state index in [0.29, 0.717) is 25.9 Å². The number of ether oxygens (including phenoxy) is 3. The third-order valence-corrected chi connectivity index (χ3v) is 4.76. The highest BCUT2D eigenvalue weighted by atomic mass is 16.5. The first-order valence-electron chi connectivity index (χ1n) is 11.1. The number of benzene rings is 2. The molecule has 0 fully saturated rings. The molecule has 11 nitrogen and oxygen atoms in total. The second kappa shape index (κ2) is 15.4. The van der Waals surface area contributed by atoms with Gasteiger partial charge in [-0.25, -0.2) is 0 Å². The van der Waals surface area contributed by atoms with E-state index < -0.39 is 0 Å². The summed E-state index contributed by atoms with van der Waals surface area (Å²) in [5.41, 5.74) is 1.56. The number of aromatic hydroxyl groups is 4.